The molecule has 0 unspecified atom stereocenters. The molecule has 1 aliphatic rings. The SMILES string of the molecule is Cc1cc(=O)oc2cc(OS(=O)(=O)N3CCCC3)ccc12. The summed E-state index contributed by atoms with van der Waals surface area (Å²) < 4.78 is 35.7. The van der Waals surface area contributed by atoms with Crippen LogP contribution < -0.4 is 9.81 Å². The minimum atomic E-state index is -3.79. The molecule has 2 aromatic rings. The van der Waals surface area contributed by atoms with Crippen LogP contribution in [0.1, 0.15) is 18.4 Å². The van der Waals surface area contributed by atoms with E-state index >= 15 is 0 Å². The maximum absolute atomic E-state index is 12.1. The topological polar surface area (TPSA) is 76.8 Å². The van der Waals surface area contributed by atoms with Crippen molar-refractivity contribution in [3.05, 3.63) is 40.2 Å². The number of fused-ring (bicyclic) bond motifs is 1. The van der Waals surface area contributed by atoms with E-state index in [-0.39, 0.29) is 5.75 Å². The van der Waals surface area contributed by atoms with E-state index in [0.717, 1.165) is 23.8 Å². The third-order valence-electron chi connectivity index (χ3n) is 3.51. The van der Waals surface area contributed by atoms with Crippen LogP contribution in [-0.4, -0.2) is 25.8 Å². The van der Waals surface area contributed by atoms with Crippen molar-refractivity contribution >= 4 is 21.3 Å². The first-order chi connectivity index (χ1) is 9.95. The first-order valence-electron chi connectivity index (χ1n) is 6.70. The second-order valence-electron chi connectivity index (χ2n) is 5.05. The molecule has 0 spiro atoms. The summed E-state index contributed by atoms with van der Waals surface area (Å²) in [5, 5.41) is 0.750. The van der Waals surface area contributed by atoms with Crippen molar-refractivity contribution in [2.45, 2.75) is 19.8 Å². The van der Waals surface area contributed by atoms with Gasteiger partial charge in [0.25, 0.3) is 0 Å². The lowest BCUT2D eigenvalue weighted by molar-refractivity contribution is 0.395. The maximum atomic E-state index is 12.1. The Labute approximate surface area is 122 Å². The number of benzene rings is 1. The van der Waals surface area contributed by atoms with E-state index in [2.05, 4.69) is 0 Å². The lowest BCUT2D eigenvalue weighted by atomic mass is 10.1. The van der Waals surface area contributed by atoms with E-state index < -0.39 is 15.9 Å². The number of aryl methyl sites for hydroxylation is 1. The van der Waals surface area contributed by atoms with Crippen molar-refractivity contribution in [3.63, 3.8) is 0 Å². The molecule has 1 aromatic heterocycles. The average Bonchev–Trinajstić information content (AvgIpc) is 2.92. The zero-order chi connectivity index (χ0) is 15.0. The molecule has 0 amide bonds. The number of hydrogen-bond donors (Lipinski definition) is 0. The Morgan fingerprint density at radius 3 is 2.62 bits per heavy atom. The van der Waals surface area contributed by atoms with Crippen LogP contribution in [0.3, 0.4) is 0 Å². The molecule has 0 radical (unpaired) electrons. The molecule has 1 aliphatic heterocycles. The molecule has 0 bridgehead atoms. The fraction of sp³-hybridized carbons (Fsp3) is 0.357. The monoisotopic (exact) mass is 309 g/mol. The van der Waals surface area contributed by atoms with Crippen molar-refractivity contribution in [1.29, 1.82) is 0 Å². The Hall–Kier alpha value is -1.86. The highest BCUT2D eigenvalue weighted by Crippen LogP contribution is 2.24. The van der Waals surface area contributed by atoms with Crippen LogP contribution in [0.5, 0.6) is 5.75 Å². The van der Waals surface area contributed by atoms with Gasteiger partial charge in [-0.25, -0.2) is 4.79 Å². The van der Waals surface area contributed by atoms with E-state index in [9.17, 15) is 13.2 Å². The summed E-state index contributed by atoms with van der Waals surface area (Å²) in [6.45, 7) is 2.75. The number of rotatable bonds is 3. The van der Waals surface area contributed by atoms with Crippen molar-refractivity contribution in [3.8, 4) is 5.75 Å². The van der Waals surface area contributed by atoms with Gasteiger partial charge in [0.05, 0.1) is 0 Å². The van der Waals surface area contributed by atoms with Gasteiger partial charge in [-0.15, -0.1) is 0 Å². The average molecular weight is 309 g/mol. The van der Waals surface area contributed by atoms with Crippen LogP contribution in [0.2, 0.25) is 0 Å². The summed E-state index contributed by atoms with van der Waals surface area (Å²) >= 11 is 0. The smallest absolute Gasteiger partial charge is 0.385 e. The highest BCUT2D eigenvalue weighted by Gasteiger charge is 2.27. The van der Waals surface area contributed by atoms with Crippen molar-refractivity contribution < 1.29 is 17.0 Å². The van der Waals surface area contributed by atoms with E-state index in [1.807, 2.05) is 0 Å². The molecule has 6 nitrogen and oxygen atoms in total. The van der Waals surface area contributed by atoms with Crippen molar-refractivity contribution in [2.24, 2.45) is 0 Å². The lowest BCUT2D eigenvalue weighted by Crippen LogP contribution is -2.31. The molecular formula is C14H15NO5S. The highest BCUT2D eigenvalue weighted by atomic mass is 32.2. The summed E-state index contributed by atoms with van der Waals surface area (Å²) in [5.74, 6) is 0.142. The first kappa shape index (κ1) is 14.1. The highest BCUT2D eigenvalue weighted by molar-refractivity contribution is 7.84. The zero-order valence-corrected chi connectivity index (χ0v) is 12.4. The summed E-state index contributed by atoms with van der Waals surface area (Å²) in [6, 6.07) is 6.06. The van der Waals surface area contributed by atoms with Crippen LogP contribution >= 0.6 is 0 Å². The molecule has 2 heterocycles. The predicted molar refractivity (Wildman–Crippen MR) is 77.6 cm³/mol. The summed E-state index contributed by atoms with van der Waals surface area (Å²) in [4.78, 5) is 11.4. The number of hydrogen-bond acceptors (Lipinski definition) is 5. The van der Waals surface area contributed by atoms with Gasteiger partial charge in [0.15, 0.2) is 0 Å². The quantitative estimate of drug-likeness (QED) is 0.808. The molecule has 1 fully saturated rings. The molecule has 7 heteroatoms. The maximum Gasteiger partial charge on any atom is 0.385 e. The Balaban J connectivity index is 1.96. The van der Waals surface area contributed by atoms with Crippen molar-refractivity contribution in [2.75, 3.05) is 13.1 Å². The molecule has 1 aromatic carbocycles. The Bertz CT molecular complexity index is 834. The van der Waals surface area contributed by atoms with E-state index in [1.54, 1.807) is 19.1 Å². The molecule has 0 saturated carbocycles. The van der Waals surface area contributed by atoms with Crippen LogP contribution in [0.25, 0.3) is 11.0 Å². The molecule has 1 saturated heterocycles. The Kier molecular flexibility index (Phi) is 3.46. The minimum absolute atomic E-state index is 0.142. The standard InChI is InChI=1S/C14H15NO5S/c1-10-8-14(16)19-13-9-11(4-5-12(10)13)20-21(17,18)15-6-2-3-7-15/h4-5,8-9H,2-3,6-7H2,1H3. The van der Waals surface area contributed by atoms with Crippen LogP contribution in [0.15, 0.2) is 33.5 Å². The van der Waals surface area contributed by atoms with Gasteiger partial charge < -0.3 is 8.60 Å². The summed E-state index contributed by atoms with van der Waals surface area (Å²) in [5.41, 5.74) is 0.615. The Morgan fingerprint density at radius 1 is 1.19 bits per heavy atom. The van der Waals surface area contributed by atoms with E-state index in [4.69, 9.17) is 8.60 Å². The Morgan fingerprint density at radius 2 is 1.90 bits per heavy atom. The van der Waals surface area contributed by atoms with Gasteiger partial charge in [0, 0.05) is 30.6 Å². The summed E-state index contributed by atoms with van der Waals surface area (Å²) in [7, 11) is -3.79. The first-order valence-corrected chi connectivity index (χ1v) is 8.06. The van der Waals surface area contributed by atoms with Crippen LogP contribution in [0, 0.1) is 6.92 Å². The molecule has 21 heavy (non-hydrogen) atoms. The molecule has 0 aliphatic carbocycles. The largest absolute Gasteiger partial charge is 0.423 e. The molecule has 0 N–H and O–H groups in total. The van der Waals surface area contributed by atoms with Gasteiger partial charge in [-0.05, 0) is 37.5 Å². The second kappa shape index (κ2) is 5.16. The van der Waals surface area contributed by atoms with Gasteiger partial charge in [0.2, 0.25) is 0 Å². The third kappa shape index (κ3) is 2.79. The molecular weight excluding hydrogens is 294 g/mol. The van der Waals surface area contributed by atoms with Crippen LogP contribution in [0.4, 0.5) is 0 Å². The van der Waals surface area contributed by atoms with Gasteiger partial charge in [0.1, 0.15) is 11.3 Å². The normalized spacial score (nSPS) is 16.4. The number of nitrogens with zero attached hydrogens (tertiary/aromatic N) is 1. The summed E-state index contributed by atoms with van der Waals surface area (Å²) in [6.07, 6.45) is 1.68. The minimum Gasteiger partial charge on any atom is -0.423 e. The molecule has 112 valence electrons. The van der Waals surface area contributed by atoms with Gasteiger partial charge in [-0.2, -0.15) is 12.7 Å². The van der Waals surface area contributed by atoms with Crippen LogP contribution in [-0.2, 0) is 10.3 Å². The molecule has 0 atom stereocenters. The van der Waals surface area contributed by atoms with Gasteiger partial charge in [-0.1, -0.05) is 0 Å². The van der Waals surface area contributed by atoms with Gasteiger partial charge >= 0.3 is 15.9 Å². The second-order valence-corrected chi connectivity index (χ2v) is 6.59. The third-order valence-corrected chi connectivity index (χ3v) is 4.91. The van der Waals surface area contributed by atoms with Crippen molar-refractivity contribution in [1.82, 2.24) is 4.31 Å². The fourth-order valence-corrected chi connectivity index (χ4v) is 3.60. The predicted octanol–water partition coefficient (Wildman–Crippen LogP) is 1.82. The molecule has 3 rings (SSSR count). The lowest BCUT2D eigenvalue weighted by Gasteiger charge is -2.15. The van der Waals surface area contributed by atoms with E-state index in [0.29, 0.717) is 18.7 Å². The zero-order valence-electron chi connectivity index (χ0n) is 11.5. The van der Waals surface area contributed by atoms with Gasteiger partial charge in [-0.3, -0.25) is 0 Å². The van der Waals surface area contributed by atoms with E-state index in [1.165, 1.54) is 16.4 Å². The fourth-order valence-electron chi connectivity index (χ4n) is 2.44.